The van der Waals surface area contributed by atoms with Crippen LogP contribution >= 0.6 is 22.7 Å². The number of fused-ring (bicyclic) bond motifs is 1. The highest BCUT2D eigenvalue weighted by atomic mass is 32.2. The SMILES string of the molecule is O=C(C1CCN(S(=O)(=O)c2cccs2)CC1)N(CCn1cccn1)c1nc2ccccc2s1. The molecule has 1 aliphatic rings. The highest BCUT2D eigenvalue weighted by Gasteiger charge is 2.35. The smallest absolute Gasteiger partial charge is 0.252 e. The van der Waals surface area contributed by atoms with E-state index >= 15 is 0 Å². The Kier molecular flexibility index (Phi) is 6.28. The molecule has 0 atom stereocenters. The van der Waals surface area contributed by atoms with Crippen molar-refractivity contribution in [2.45, 2.75) is 23.6 Å². The first-order valence-electron chi connectivity index (χ1n) is 10.7. The molecule has 1 fully saturated rings. The van der Waals surface area contributed by atoms with Crippen molar-refractivity contribution in [3.05, 3.63) is 60.2 Å². The van der Waals surface area contributed by atoms with Gasteiger partial charge in [0.05, 0.1) is 16.8 Å². The molecule has 0 saturated carbocycles. The first-order chi connectivity index (χ1) is 16.0. The van der Waals surface area contributed by atoms with Crippen molar-refractivity contribution >= 4 is 54.0 Å². The summed E-state index contributed by atoms with van der Waals surface area (Å²) in [6.45, 7) is 1.68. The van der Waals surface area contributed by atoms with Gasteiger partial charge in [-0.3, -0.25) is 14.4 Å². The van der Waals surface area contributed by atoms with Crippen LogP contribution in [0.4, 0.5) is 5.13 Å². The zero-order chi connectivity index (χ0) is 22.8. The van der Waals surface area contributed by atoms with Gasteiger partial charge >= 0.3 is 0 Å². The van der Waals surface area contributed by atoms with Crippen LogP contribution in [0.1, 0.15) is 12.8 Å². The second-order valence-electron chi connectivity index (χ2n) is 7.83. The summed E-state index contributed by atoms with van der Waals surface area (Å²) in [4.78, 5) is 20.1. The summed E-state index contributed by atoms with van der Waals surface area (Å²) < 4.78 is 30.3. The number of piperidine rings is 1. The summed E-state index contributed by atoms with van der Waals surface area (Å²) in [7, 11) is -3.49. The minimum atomic E-state index is -3.49. The van der Waals surface area contributed by atoms with Crippen LogP contribution in [0, 0.1) is 5.92 Å². The summed E-state index contributed by atoms with van der Waals surface area (Å²) >= 11 is 2.72. The highest BCUT2D eigenvalue weighted by Crippen LogP contribution is 2.32. The van der Waals surface area contributed by atoms with Gasteiger partial charge in [0.2, 0.25) is 5.91 Å². The molecule has 1 saturated heterocycles. The van der Waals surface area contributed by atoms with Crippen LogP contribution in [-0.4, -0.2) is 53.0 Å². The molecule has 1 amide bonds. The molecule has 11 heteroatoms. The van der Waals surface area contributed by atoms with Gasteiger partial charge in [-0.05, 0) is 42.5 Å². The van der Waals surface area contributed by atoms with Crippen LogP contribution in [0.15, 0.2) is 64.4 Å². The molecule has 5 rings (SSSR count). The summed E-state index contributed by atoms with van der Waals surface area (Å²) in [6, 6.07) is 13.1. The average molecular weight is 502 g/mol. The fourth-order valence-electron chi connectivity index (χ4n) is 4.01. The lowest BCUT2D eigenvalue weighted by Crippen LogP contribution is -2.45. The highest BCUT2D eigenvalue weighted by molar-refractivity contribution is 7.91. The van der Waals surface area contributed by atoms with Gasteiger partial charge in [0, 0.05) is 37.9 Å². The largest absolute Gasteiger partial charge is 0.286 e. The number of sulfonamides is 1. The van der Waals surface area contributed by atoms with Crippen LogP contribution in [0.25, 0.3) is 10.2 Å². The number of hydrogen-bond donors (Lipinski definition) is 0. The first-order valence-corrected chi connectivity index (χ1v) is 13.8. The van der Waals surface area contributed by atoms with Crippen LogP contribution in [-0.2, 0) is 21.4 Å². The van der Waals surface area contributed by atoms with Gasteiger partial charge < -0.3 is 0 Å². The number of anilines is 1. The van der Waals surface area contributed by atoms with E-state index in [1.165, 1.54) is 27.0 Å². The number of amides is 1. The number of rotatable bonds is 7. The zero-order valence-corrected chi connectivity index (χ0v) is 20.2. The van der Waals surface area contributed by atoms with Gasteiger partial charge in [-0.15, -0.1) is 11.3 Å². The maximum atomic E-state index is 13.6. The number of benzene rings is 1. The summed E-state index contributed by atoms with van der Waals surface area (Å²) in [5.41, 5.74) is 0.867. The number of para-hydroxylation sites is 1. The predicted octanol–water partition coefficient (Wildman–Crippen LogP) is 3.69. The van der Waals surface area contributed by atoms with Crippen LogP contribution in [0.5, 0.6) is 0 Å². The maximum absolute atomic E-state index is 13.6. The number of thiazole rings is 1. The number of nitrogens with zero attached hydrogens (tertiary/aromatic N) is 5. The second kappa shape index (κ2) is 9.34. The number of aromatic nitrogens is 3. The topological polar surface area (TPSA) is 88.4 Å². The molecule has 1 aliphatic heterocycles. The third kappa shape index (κ3) is 4.58. The van der Waals surface area contributed by atoms with Crippen molar-refractivity contribution in [1.82, 2.24) is 19.1 Å². The van der Waals surface area contributed by atoms with Crippen molar-refractivity contribution in [2.75, 3.05) is 24.5 Å². The molecule has 33 heavy (non-hydrogen) atoms. The molecule has 0 radical (unpaired) electrons. The van der Waals surface area contributed by atoms with Gasteiger partial charge in [0.1, 0.15) is 4.21 Å². The molecule has 1 aromatic carbocycles. The van der Waals surface area contributed by atoms with E-state index in [1.807, 2.05) is 36.5 Å². The average Bonchev–Trinajstić information content (AvgIpc) is 3.61. The third-order valence-corrected chi connectivity index (χ3v) is 10.1. The Hall–Kier alpha value is -2.60. The number of hydrogen-bond acceptors (Lipinski definition) is 7. The van der Waals surface area contributed by atoms with Crippen LogP contribution in [0.2, 0.25) is 0 Å². The summed E-state index contributed by atoms with van der Waals surface area (Å²) in [5.74, 6) is -0.251. The van der Waals surface area contributed by atoms with Crippen molar-refractivity contribution in [3.63, 3.8) is 0 Å². The minimum absolute atomic E-state index is 0.00520. The molecular formula is C22H23N5O3S3. The van der Waals surface area contributed by atoms with Crippen molar-refractivity contribution < 1.29 is 13.2 Å². The lowest BCUT2D eigenvalue weighted by atomic mass is 9.96. The van der Waals surface area contributed by atoms with E-state index in [4.69, 9.17) is 4.98 Å². The Bertz CT molecular complexity index is 1290. The minimum Gasteiger partial charge on any atom is -0.286 e. The van der Waals surface area contributed by atoms with Gasteiger partial charge in [-0.25, -0.2) is 13.4 Å². The molecule has 4 aromatic rings. The van der Waals surface area contributed by atoms with Crippen molar-refractivity contribution in [3.8, 4) is 0 Å². The Labute approximate surface area is 200 Å². The molecule has 8 nitrogen and oxygen atoms in total. The van der Waals surface area contributed by atoms with Crippen LogP contribution < -0.4 is 4.90 Å². The van der Waals surface area contributed by atoms with Gasteiger partial charge in [-0.2, -0.15) is 9.40 Å². The van der Waals surface area contributed by atoms with Crippen molar-refractivity contribution in [2.24, 2.45) is 5.92 Å². The lowest BCUT2D eigenvalue weighted by Gasteiger charge is -2.32. The number of carbonyl (C=O) groups excluding carboxylic acids is 1. The van der Waals surface area contributed by atoms with Crippen molar-refractivity contribution in [1.29, 1.82) is 0 Å². The molecular weight excluding hydrogens is 478 g/mol. The first kappa shape index (κ1) is 22.2. The Morgan fingerprint density at radius 3 is 2.64 bits per heavy atom. The second-order valence-corrected chi connectivity index (χ2v) is 12.0. The molecule has 0 aliphatic carbocycles. The Morgan fingerprint density at radius 1 is 1.12 bits per heavy atom. The van der Waals surface area contributed by atoms with Crippen LogP contribution in [0.3, 0.4) is 0 Å². The van der Waals surface area contributed by atoms with E-state index < -0.39 is 10.0 Å². The maximum Gasteiger partial charge on any atom is 0.252 e. The molecule has 0 unspecified atom stereocenters. The Morgan fingerprint density at radius 2 is 1.94 bits per heavy atom. The van der Waals surface area contributed by atoms with E-state index in [2.05, 4.69) is 5.10 Å². The quantitative estimate of drug-likeness (QED) is 0.385. The molecule has 172 valence electrons. The normalized spacial score (nSPS) is 15.8. The standard InChI is InChI=1S/C22H23N5O3S3/c28-21(17-8-12-26(13-9-17)33(29,30)20-7-3-16-31-20)27(15-14-25-11-4-10-23-25)22-24-18-5-1-2-6-19(18)32-22/h1-7,10-11,16-17H,8-9,12-15H2. The zero-order valence-electron chi connectivity index (χ0n) is 17.8. The van der Waals surface area contributed by atoms with Gasteiger partial charge in [-0.1, -0.05) is 29.5 Å². The third-order valence-electron chi connectivity index (χ3n) is 5.78. The predicted molar refractivity (Wildman–Crippen MR) is 130 cm³/mol. The molecule has 0 spiro atoms. The van der Waals surface area contributed by atoms with E-state index in [0.717, 1.165) is 10.2 Å². The Balaban J connectivity index is 1.33. The number of carbonyl (C=O) groups is 1. The van der Waals surface area contributed by atoms with E-state index in [1.54, 1.807) is 33.3 Å². The molecule has 0 bridgehead atoms. The van der Waals surface area contributed by atoms with Gasteiger partial charge in [0.25, 0.3) is 10.0 Å². The summed E-state index contributed by atoms with van der Waals surface area (Å²) in [5, 5.41) is 6.68. The van der Waals surface area contributed by atoms with E-state index in [-0.39, 0.29) is 11.8 Å². The molecule has 0 N–H and O–H groups in total. The summed E-state index contributed by atoms with van der Waals surface area (Å²) in [6.07, 6.45) is 4.57. The molecule has 4 heterocycles. The fraction of sp³-hybridized carbons (Fsp3) is 0.318. The molecule has 3 aromatic heterocycles. The monoisotopic (exact) mass is 501 g/mol. The van der Waals surface area contributed by atoms with E-state index in [0.29, 0.717) is 48.4 Å². The lowest BCUT2D eigenvalue weighted by molar-refractivity contribution is -0.123. The fourth-order valence-corrected chi connectivity index (χ4v) is 7.62. The number of thiophene rings is 1. The van der Waals surface area contributed by atoms with Gasteiger partial charge in [0.15, 0.2) is 5.13 Å². The van der Waals surface area contributed by atoms with E-state index in [9.17, 15) is 13.2 Å².